The minimum atomic E-state index is -2.43. The Morgan fingerprint density at radius 1 is 0.892 bits per heavy atom. The number of nitrogens with zero attached hydrogens (tertiary/aromatic N) is 1. The number of esters is 1. The van der Waals surface area contributed by atoms with Crippen LogP contribution in [-0.2, 0) is 47.7 Å². The third-order valence-corrected chi connectivity index (χ3v) is 15.1. The normalized spacial score (nSPS) is 40.4. The molecule has 3 aliphatic heterocycles. The zero-order valence-electron chi connectivity index (χ0n) is 40.3. The van der Waals surface area contributed by atoms with E-state index in [2.05, 4.69) is 0 Å². The van der Waals surface area contributed by atoms with Gasteiger partial charge >= 0.3 is 5.97 Å². The molecule has 1 amide bonds. The van der Waals surface area contributed by atoms with E-state index in [4.69, 9.17) is 23.7 Å². The van der Waals surface area contributed by atoms with Crippen molar-refractivity contribution in [2.24, 2.45) is 35.5 Å². The minimum Gasteiger partial charge on any atom is -0.460 e. The molecule has 3 N–H and O–H groups in total. The second-order valence-corrected chi connectivity index (χ2v) is 20.3. The Balaban J connectivity index is 1.70. The number of hydrogen-bond donors (Lipinski definition) is 3. The molecule has 4 aliphatic rings. The summed E-state index contributed by atoms with van der Waals surface area (Å²) in [5.41, 5.74) is 1.26. The summed E-state index contributed by atoms with van der Waals surface area (Å²) in [5.74, 6) is -7.46. The number of carbonyl (C=O) groups excluding carboxylic acids is 5. The van der Waals surface area contributed by atoms with Crippen LogP contribution in [0.15, 0.2) is 47.6 Å². The molecular weight excluding hydrogens is 855 g/mol. The number of fused-ring (bicyclic) bond motifs is 3. The highest BCUT2D eigenvalue weighted by Crippen LogP contribution is 2.37. The maximum Gasteiger partial charge on any atom is 0.330 e. The summed E-state index contributed by atoms with van der Waals surface area (Å²) in [6.45, 7) is 12.7. The van der Waals surface area contributed by atoms with Gasteiger partial charge in [0.2, 0.25) is 5.79 Å². The van der Waals surface area contributed by atoms with E-state index in [9.17, 15) is 39.3 Å². The van der Waals surface area contributed by atoms with E-state index in [1.54, 1.807) is 41.1 Å². The summed E-state index contributed by atoms with van der Waals surface area (Å²) in [5, 5.41) is 33.8. The number of allylic oxidation sites excluding steroid dienone is 6. The number of rotatable bonds is 6. The van der Waals surface area contributed by atoms with Crippen molar-refractivity contribution in [3.63, 3.8) is 0 Å². The largest absolute Gasteiger partial charge is 0.460 e. The standard InChI is InChI=1S/C50H77NO13S/c1-29-14-12-11-13-15-30(2)41(60-8)26-37-18-16-35(7)50(59,64-37)47(56)48(57)51-20-21-65-28-38(51)49(58)63-42(32(4)24-36-17-19-39(52)43(25-36)61-9)27-40(53)31(3)23-34(6)45(55)46(62-10)44(54)33(5)22-29/h11-15,23,29,31-33,35-39,41-43,45-46,52,55,59H,16-22,24-28H2,1-10H3/b13-11+,14-12-,30-15+,34-23+/t29-,31-,32-,33-,35-,36-,37+,38+,39-,41+,42+,43-,45-,46+,50-/m1/s1. The van der Waals surface area contributed by atoms with Crippen molar-refractivity contribution in [1.29, 1.82) is 0 Å². The molecule has 1 saturated carbocycles. The van der Waals surface area contributed by atoms with Crippen molar-refractivity contribution in [3.8, 4) is 0 Å². The molecule has 65 heavy (non-hydrogen) atoms. The smallest absolute Gasteiger partial charge is 0.330 e. The molecule has 366 valence electrons. The van der Waals surface area contributed by atoms with Gasteiger partial charge < -0.3 is 43.9 Å². The number of methoxy groups -OCH3 is 3. The van der Waals surface area contributed by atoms with Crippen molar-refractivity contribution in [2.75, 3.05) is 39.4 Å². The molecular formula is C50H77NO13S. The van der Waals surface area contributed by atoms with Gasteiger partial charge in [0.15, 0.2) is 5.78 Å². The second-order valence-electron chi connectivity index (χ2n) is 19.2. The lowest BCUT2D eigenvalue weighted by atomic mass is 9.78. The van der Waals surface area contributed by atoms with Crippen molar-refractivity contribution in [2.45, 2.75) is 161 Å². The van der Waals surface area contributed by atoms with E-state index in [1.165, 1.54) is 23.8 Å². The highest BCUT2D eigenvalue weighted by Gasteiger charge is 2.53. The quantitative estimate of drug-likeness (QED) is 0.166. The molecule has 2 saturated heterocycles. The highest BCUT2D eigenvalue weighted by atomic mass is 32.2. The van der Waals surface area contributed by atoms with Gasteiger partial charge in [-0.15, -0.1) is 0 Å². The van der Waals surface area contributed by atoms with Gasteiger partial charge in [-0.1, -0.05) is 71.1 Å². The van der Waals surface area contributed by atoms with Crippen LogP contribution in [0.5, 0.6) is 0 Å². The van der Waals surface area contributed by atoms with E-state index >= 15 is 0 Å². The number of cyclic esters (lactones) is 1. The number of hydrogen-bond acceptors (Lipinski definition) is 14. The van der Waals surface area contributed by atoms with Gasteiger partial charge in [-0.05, 0) is 87.7 Å². The first-order valence-electron chi connectivity index (χ1n) is 23.5. The topological polar surface area (TPSA) is 195 Å². The lowest BCUT2D eigenvalue weighted by molar-refractivity contribution is -0.265. The lowest BCUT2D eigenvalue weighted by Crippen LogP contribution is -2.61. The fraction of sp³-hybridized carbons (Fsp3) is 0.740. The van der Waals surface area contributed by atoms with Gasteiger partial charge in [0.25, 0.3) is 11.7 Å². The number of aliphatic hydroxyl groups is 3. The van der Waals surface area contributed by atoms with Gasteiger partial charge in [0.05, 0.1) is 24.4 Å². The van der Waals surface area contributed by atoms with E-state index in [0.29, 0.717) is 56.3 Å². The van der Waals surface area contributed by atoms with Gasteiger partial charge in [-0.25, -0.2) is 4.79 Å². The van der Waals surface area contributed by atoms with Crippen LogP contribution in [-0.4, -0.2) is 143 Å². The van der Waals surface area contributed by atoms with Gasteiger partial charge in [0, 0.05) is 70.0 Å². The molecule has 0 spiro atoms. The van der Waals surface area contributed by atoms with E-state index in [1.807, 2.05) is 58.1 Å². The Labute approximate surface area is 390 Å². The van der Waals surface area contributed by atoms with Crippen LogP contribution >= 0.6 is 11.8 Å². The molecule has 15 atom stereocenters. The van der Waals surface area contributed by atoms with Crippen LogP contribution in [0.4, 0.5) is 0 Å². The number of Topliss-reactive ketones (excluding diaryl/α,β-unsaturated/α-hetero) is 3. The molecule has 3 fully saturated rings. The maximum absolute atomic E-state index is 14.3. The average Bonchev–Trinajstić information content (AvgIpc) is 3.28. The molecule has 0 aromatic heterocycles. The van der Waals surface area contributed by atoms with Crippen molar-refractivity contribution in [1.82, 2.24) is 4.90 Å². The van der Waals surface area contributed by atoms with Gasteiger partial charge in [-0.3, -0.25) is 19.2 Å². The first-order valence-corrected chi connectivity index (χ1v) is 24.7. The Bertz CT molecular complexity index is 1760. The Hall–Kier alpha value is -3.02. The zero-order chi connectivity index (χ0) is 48.2. The molecule has 0 aromatic carbocycles. The molecule has 0 unspecified atom stereocenters. The fourth-order valence-electron chi connectivity index (χ4n) is 9.74. The van der Waals surface area contributed by atoms with Crippen LogP contribution in [0.2, 0.25) is 0 Å². The molecule has 0 aromatic rings. The third-order valence-electron chi connectivity index (χ3n) is 14.1. The second kappa shape index (κ2) is 25.4. The van der Waals surface area contributed by atoms with Gasteiger partial charge in [-0.2, -0.15) is 11.8 Å². The van der Waals surface area contributed by atoms with E-state index < -0.39 is 83.9 Å². The fourth-order valence-corrected chi connectivity index (χ4v) is 10.8. The predicted octanol–water partition coefficient (Wildman–Crippen LogP) is 5.74. The number of carbonyl (C=O) groups is 5. The highest BCUT2D eigenvalue weighted by molar-refractivity contribution is 7.99. The Morgan fingerprint density at radius 2 is 1.62 bits per heavy atom. The Morgan fingerprint density at radius 3 is 2.29 bits per heavy atom. The molecule has 15 heteroatoms. The molecule has 4 rings (SSSR count). The summed E-state index contributed by atoms with van der Waals surface area (Å²) in [6.07, 6.45) is 9.78. The molecule has 2 bridgehead atoms. The number of ketones is 3. The SMILES string of the molecule is CO[C@H]1C[C@@H]2CC[C@@H](C)[C@@](O)(O2)C(=O)C(=O)N2CCSC[C@H]2C(=O)O[C@H]([C@H](C)C[C@H]2CC[C@@H](O)[C@H](OC)C2)CC(=O)[C@H](C)/C=C(\C)[C@@H](O)[C@@H](OC)C(=O)[C@H](C)C[C@H](C)\C=C/C=C/C=C/1C. The average molecular weight is 932 g/mol. The van der Waals surface area contributed by atoms with Crippen LogP contribution in [0.1, 0.15) is 106 Å². The Kier molecular flexibility index (Phi) is 21.3. The van der Waals surface area contributed by atoms with Crippen LogP contribution in [0.3, 0.4) is 0 Å². The number of amides is 1. The zero-order valence-corrected chi connectivity index (χ0v) is 41.1. The van der Waals surface area contributed by atoms with Crippen molar-refractivity contribution < 1.29 is 63.0 Å². The molecule has 3 heterocycles. The summed E-state index contributed by atoms with van der Waals surface area (Å²) >= 11 is 1.43. The number of aliphatic hydroxyl groups excluding tert-OH is 2. The lowest BCUT2D eigenvalue weighted by Gasteiger charge is -2.42. The maximum atomic E-state index is 14.3. The van der Waals surface area contributed by atoms with Gasteiger partial charge in [0.1, 0.15) is 30.1 Å². The summed E-state index contributed by atoms with van der Waals surface area (Å²) < 4.78 is 29.3. The first kappa shape index (κ1) is 54.6. The van der Waals surface area contributed by atoms with E-state index in [-0.39, 0.29) is 54.1 Å². The van der Waals surface area contributed by atoms with Crippen LogP contribution in [0, 0.1) is 35.5 Å². The summed E-state index contributed by atoms with van der Waals surface area (Å²) in [7, 11) is 4.51. The number of ether oxygens (including phenoxy) is 5. The summed E-state index contributed by atoms with van der Waals surface area (Å²) in [4.78, 5) is 71.7. The monoisotopic (exact) mass is 932 g/mol. The van der Waals surface area contributed by atoms with Crippen molar-refractivity contribution in [3.05, 3.63) is 47.6 Å². The van der Waals surface area contributed by atoms with Crippen LogP contribution < -0.4 is 0 Å². The third kappa shape index (κ3) is 14.5. The summed E-state index contributed by atoms with van der Waals surface area (Å²) in [6, 6.07) is -1.18. The van der Waals surface area contributed by atoms with E-state index in [0.717, 1.165) is 12.0 Å². The molecule has 14 nitrogen and oxygen atoms in total. The first-order chi connectivity index (χ1) is 30.7. The number of thioether (sulfide) groups is 1. The minimum absolute atomic E-state index is 0.0182. The molecule has 1 aliphatic carbocycles. The van der Waals surface area contributed by atoms with Crippen molar-refractivity contribution >= 4 is 41.0 Å². The van der Waals surface area contributed by atoms with Crippen LogP contribution in [0.25, 0.3) is 0 Å². The predicted molar refractivity (Wildman–Crippen MR) is 249 cm³/mol. The molecule has 0 radical (unpaired) electrons.